The van der Waals surface area contributed by atoms with E-state index in [-0.39, 0.29) is 0 Å². The number of hydrogen-bond donors (Lipinski definition) is 1. The van der Waals surface area contributed by atoms with Crippen LogP contribution >= 0.6 is 0 Å². The smallest absolute Gasteiger partial charge is 0.119 e. The largest absolute Gasteiger partial charge is 0.492 e. The van der Waals surface area contributed by atoms with Gasteiger partial charge in [0.15, 0.2) is 0 Å². The fourth-order valence-electron chi connectivity index (χ4n) is 2.68. The van der Waals surface area contributed by atoms with E-state index in [0.29, 0.717) is 6.04 Å². The number of nitrogens with one attached hydrogen (secondary N) is 1. The quantitative estimate of drug-likeness (QED) is 0.816. The molecule has 1 N–H and O–H groups in total. The highest BCUT2D eigenvalue weighted by molar-refractivity contribution is 5.28. The molecule has 0 amide bonds. The Labute approximate surface area is 122 Å². The molecule has 0 aliphatic carbocycles. The summed E-state index contributed by atoms with van der Waals surface area (Å²) >= 11 is 0. The summed E-state index contributed by atoms with van der Waals surface area (Å²) in [6.45, 7) is 5.01. The summed E-state index contributed by atoms with van der Waals surface area (Å²) in [6, 6.07) is 9.02. The molecule has 2 rings (SSSR count). The van der Waals surface area contributed by atoms with Crippen LogP contribution in [-0.2, 0) is 6.54 Å². The predicted octanol–water partition coefficient (Wildman–Crippen LogP) is 1.42. The Hall–Kier alpha value is -1.10. The standard InChI is InChI=1S/C16H27N3O/c1-17-12-14-5-4-6-16(11-14)20-10-9-19-8-7-15(13-19)18(2)3/h4-6,11,15,17H,7-10,12-13H2,1-3H3. The van der Waals surface area contributed by atoms with Crippen molar-refractivity contribution in [2.45, 2.75) is 19.0 Å². The number of rotatable bonds is 7. The number of nitrogens with zero attached hydrogens (tertiary/aromatic N) is 2. The van der Waals surface area contributed by atoms with Crippen molar-refractivity contribution in [2.75, 3.05) is 47.4 Å². The van der Waals surface area contributed by atoms with E-state index in [1.54, 1.807) is 0 Å². The average molecular weight is 277 g/mol. The molecule has 1 saturated heterocycles. The SMILES string of the molecule is CNCc1cccc(OCCN2CCC(N(C)C)C2)c1. The van der Waals surface area contributed by atoms with Crippen LogP contribution in [0.25, 0.3) is 0 Å². The normalized spacial score (nSPS) is 19.7. The first-order valence-electron chi connectivity index (χ1n) is 7.44. The van der Waals surface area contributed by atoms with E-state index in [1.807, 2.05) is 13.1 Å². The third kappa shape index (κ3) is 4.47. The van der Waals surface area contributed by atoms with Gasteiger partial charge in [-0.2, -0.15) is 0 Å². The number of benzene rings is 1. The van der Waals surface area contributed by atoms with Gasteiger partial charge in [0.2, 0.25) is 0 Å². The fourth-order valence-corrected chi connectivity index (χ4v) is 2.68. The lowest BCUT2D eigenvalue weighted by Crippen LogP contribution is -2.33. The third-order valence-electron chi connectivity index (χ3n) is 3.93. The van der Waals surface area contributed by atoms with Gasteiger partial charge in [-0.15, -0.1) is 0 Å². The summed E-state index contributed by atoms with van der Waals surface area (Å²) in [5, 5.41) is 3.16. The zero-order valence-corrected chi connectivity index (χ0v) is 12.9. The summed E-state index contributed by atoms with van der Waals surface area (Å²) in [7, 11) is 6.29. The minimum Gasteiger partial charge on any atom is -0.492 e. The van der Waals surface area contributed by atoms with Gasteiger partial charge < -0.3 is 15.0 Å². The highest BCUT2D eigenvalue weighted by atomic mass is 16.5. The number of ether oxygens (including phenoxy) is 1. The molecule has 4 heteroatoms. The van der Waals surface area contributed by atoms with Crippen molar-refractivity contribution in [2.24, 2.45) is 0 Å². The minimum absolute atomic E-state index is 0.703. The van der Waals surface area contributed by atoms with Crippen molar-refractivity contribution < 1.29 is 4.74 Å². The first kappa shape index (κ1) is 15.3. The Kier molecular flexibility index (Phi) is 5.83. The lowest BCUT2D eigenvalue weighted by Gasteiger charge is -2.20. The molecule has 0 radical (unpaired) electrons. The van der Waals surface area contributed by atoms with Crippen LogP contribution < -0.4 is 10.1 Å². The van der Waals surface area contributed by atoms with E-state index in [4.69, 9.17) is 4.74 Å². The second-order valence-corrected chi connectivity index (χ2v) is 5.73. The van der Waals surface area contributed by atoms with Crippen LogP contribution in [0.15, 0.2) is 24.3 Å². The zero-order chi connectivity index (χ0) is 14.4. The molecule has 0 saturated carbocycles. The topological polar surface area (TPSA) is 27.7 Å². The summed E-state index contributed by atoms with van der Waals surface area (Å²) in [5.41, 5.74) is 1.26. The van der Waals surface area contributed by atoms with Crippen LogP contribution in [-0.4, -0.2) is 63.2 Å². The molecular weight excluding hydrogens is 250 g/mol. The van der Waals surface area contributed by atoms with E-state index in [2.05, 4.69) is 47.4 Å². The molecule has 1 aromatic carbocycles. The molecule has 1 heterocycles. The summed E-state index contributed by atoms with van der Waals surface area (Å²) in [5.74, 6) is 0.973. The van der Waals surface area contributed by atoms with Crippen molar-refractivity contribution in [3.05, 3.63) is 29.8 Å². The molecule has 20 heavy (non-hydrogen) atoms. The maximum atomic E-state index is 5.87. The van der Waals surface area contributed by atoms with Gasteiger partial charge in [0.25, 0.3) is 0 Å². The summed E-state index contributed by atoms with van der Waals surface area (Å²) in [4.78, 5) is 4.81. The van der Waals surface area contributed by atoms with Gasteiger partial charge in [-0.05, 0) is 51.8 Å². The van der Waals surface area contributed by atoms with Gasteiger partial charge >= 0.3 is 0 Å². The molecular formula is C16H27N3O. The minimum atomic E-state index is 0.703. The molecule has 1 atom stereocenters. The Morgan fingerprint density at radius 2 is 2.25 bits per heavy atom. The highest BCUT2D eigenvalue weighted by Crippen LogP contribution is 2.15. The van der Waals surface area contributed by atoms with E-state index >= 15 is 0 Å². The summed E-state index contributed by atoms with van der Waals surface area (Å²) in [6.07, 6.45) is 1.27. The second-order valence-electron chi connectivity index (χ2n) is 5.73. The molecule has 1 fully saturated rings. The van der Waals surface area contributed by atoms with Crippen LogP contribution in [0.4, 0.5) is 0 Å². The first-order valence-corrected chi connectivity index (χ1v) is 7.44. The maximum Gasteiger partial charge on any atom is 0.119 e. The van der Waals surface area contributed by atoms with Crippen molar-refractivity contribution in [1.82, 2.24) is 15.1 Å². The van der Waals surface area contributed by atoms with Crippen molar-refractivity contribution in [1.29, 1.82) is 0 Å². The van der Waals surface area contributed by atoms with Gasteiger partial charge in [-0.25, -0.2) is 0 Å². The van der Waals surface area contributed by atoms with E-state index in [9.17, 15) is 0 Å². The molecule has 1 aromatic rings. The predicted molar refractivity (Wildman–Crippen MR) is 83.2 cm³/mol. The fraction of sp³-hybridized carbons (Fsp3) is 0.625. The van der Waals surface area contributed by atoms with Crippen LogP contribution in [0.3, 0.4) is 0 Å². The molecule has 1 unspecified atom stereocenters. The zero-order valence-electron chi connectivity index (χ0n) is 12.9. The van der Waals surface area contributed by atoms with Crippen LogP contribution in [0.5, 0.6) is 5.75 Å². The molecule has 0 spiro atoms. The Balaban J connectivity index is 1.72. The van der Waals surface area contributed by atoms with E-state index in [1.165, 1.54) is 18.5 Å². The number of hydrogen-bond acceptors (Lipinski definition) is 4. The number of likely N-dealkylation sites (N-methyl/N-ethyl adjacent to an activating group) is 1. The van der Waals surface area contributed by atoms with Gasteiger partial charge in [0.05, 0.1) is 0 Å². The van der Waals surface area contributed by atoms with Crippen molar-refractivity contribution in [3.63, 3.8) is 0 Å². The van der Waals surface area contributed by atoms with Crippen LogP contribution in [0, 0.1) is 0 Å². The highest BCUT2D eigenvalue weighted by Gasteiger charge is 2.23. The Morgan fingerprint density at radius 1 is 1.40 bits per heavy atom. The van der Waals surface area contributed by atoms with E-state index < -0.39 is 0 Å². The summed E-state index contributed by atoms with van der Waals surface area (Å²) < 4.78 is 5.87. The second kappa shape index (κ2) is 7.62. The van der Waals surface area contributed by atoms with Gasteiger partial charge in [0, 0.05) is 25.7 Å². The molecule has 1 aliphatic heterocycles. The van der Waals surface area contributed by atoms with Gasteiger partial charge in [0.1, 0.15) is 12.4 Å². The first-order chi connectivity index (χ1) is 9.69. The third-order valence-corrected chi connectivity index (χ3v) is 3.93. The molecule has 112 valence electrons. The number of likely N-dealkylation sites (tertiary alicyclic amines) is 1. The monoisotopic (exact) mass is 277 g/mol. The molecule has 1 aliphatic rings. The molecule has 4 nitrogen and oxygen atoms in total. The Bertz CT molecular complexity index is 408. The van der Waals surface area contributed by atoms with Crippen molar-refractivity contribution in [3.8, 4) is 5.75 Å². The van der Waals surface area contributed by atoms with Gasteiger partial charge in [-0.1, -0.05) is 12.1 Å². The average Bonchev–Trinajstić information content (AvgIpc) is 2.89. The van der Waals surface area contributed by atoms with E-state index in [0.717, 1.165) is 32.0 Å². The molecule has 0 bridgehead atoms. The van der Waals surface area contributed by atoms with Gasteiger partial charge in [-0.3, -0.25) is 4.90 Å². The van der Waals surface area contributed by atoms with Crippen LogP contribution in [0.1, 0.15) is 12.0 Å². The lowest BCUT2D eigenvalue weighted by atomic mass is 10.2. The lowest BCUT2D eigenvalue weighted by molar-refractivity contribution is 0.220. The molecule has 0 aromatic heterocycles. The Morgan fingerprint density at radius 3 is 2.95 bits per heavy atom. The van der Waals surface area contributed by atoms with Crippen LogP contribution in [0.2, 0.25) is 0 Å². The van der Waals surface area contributed by atoms with Crippen molar-refractivity contribution >= 4 is 0 Å². The maximum absolute atomic E-state index is 5.87.